The maximum absolute atomic E-state index is 13.2. The molecule has 0 bridgehead atoms. The molecule has 0 saturated carbocycles. The topological polar surface area (TPSA) is 143 Å². The summed E-state index contributed by atoms with van der Waals surface area (Å²) < 4.78 is 16.8. The van der Waals surface area contributed by atoms with Gasteiger partial charge in [-0.2, -0.15) is 0 Å². The second-order valence-electron chi connectivity index (χ2n) is 9.69. The Balaban J connectivity index is 1.63. The van der Waals surface area contributed by atoms with Crippen molar-refractivity contribution in [1.29, 1.82) is 0 Å². The summed E-state index contributed by atoms with van der Waals surface area (Å²) in [6.45, 7) is 2.36. The fourth-order valence-corrected chi connectivity index (χ4v) is 4.48. The summed E-state index contributed by atoms with van der Waals surface area (Å²) in [4.78, 5) is 30.6. The minimum absolute atomic E-state index is 0.00531. The van der Waals surface area contributed by atoms with Crippen LogP contribution in [0.1, 0.15) is 36.9 Å². The van der Waals surface area contributed by atoms with E-state index in [1.54, 1.807) is 18.2 Å². The number of amides is 1. The highest BCUT2D eigenvalue weighted by Gasteiger charge is 2.27. The largest absolute Gasteiger partial charge is 0.506 e. The SMILES string of the molecule is CCCCc1[nH]c(=O)c(-c2nnc(CC(=O)NCc3ccc(N(C)C)cc3)o2)c(O)c1-c1c(OC)cccc1OC. The van der Waals surface area contributed by atoms with Crippen molar-refractivity contribution in [2.24, 2.45) is 0 Å². The number of benzene rings is 2. The highest BCUT2D eigenvalue weighted by Crippen LogP contribution is 2.46. The predicted octanol–water partition coefficient (Wildman–Crippen LogP) is 4.08. The Hall–Kier alpha value is -4.80. The van der Waals surface area contributed by atoms with Gasteiger partial charge in [0.2, 0.25) is 11.8 Å². The number of rotatable bonds is 12. The van der Waals surface area contributed by atoms with Gasteiger partial charge >= 0.3 is 0 Å². The minimum atomic E-state index is -0.591. The minimum Gasteiger partial charge on any atom is -0.506 e. The van der Waals surface area contributed by atoms with Crippen molar-refractivity contribution in [2.45, 2.75) is 39.2 Å². The van der Waals surface area contributed by atoms with Gasteiger partial charge in [0, 0.05) is 32.0 Å². The zero-order valence-corrected chi connectivity index (χ0v) is 23.9. The van der Waals surface area contributed by atoms with Crippen LogP contribution in [0.3, 0.4) is 0 Å². The van der Waals surface area contributed by atoms with Crippen LogP contribution in [0.5, 0.6) is 17.2 Å². The summed E-state index contributed by atoms with van der Waals surface area (Å²) >= 11 is 0. The highest BCUT2D eigenvalue weighted by atomic mass is 16.5. The molecule has 0 atom stereocenters. The number of nitrogens with zero attached hydrogens (tertiary/aromatic N) is 3. The van der Waals surface area contributed by atoms with Gasteiger partial charge in [-0.25, -0.2) is 0 Å². The first-order valence-electron chi connectivity index (χ1n) is 13.3. The normalized spacial score (nSPS) is 10.9. The zero-order valence-electron chi connectivity index (χ0n) is 23.9. The van der Waals surface area contributed by atoms with E-state index in [1.165, 1.54) is 14.2 Å². The summed E-state index contributed by atoms with van der Waals surface area (Å²) in [5.74, 6) is 0.0332. The maximum atomic E-state index is 13.2. The third kappa shape index (κ3) is 6.51. The van der Waals surface area contributed by atoms with Gasteiger partial charge in [0.25, 0.3) is 11.4 Å². The standard InChI is InChI=1S/C30H35N5O6/c1-6-7-9-20-25(26-21(39-4)10-8-11-22(26)40-5)28(37)27(29(38)32-20)30-34-33-24(41-30)16-23(36)31-17-18-12-14-19(15-13-18)35(2)3/h8,10-15H,6-7,9,16-17H2,1-5H3,(H,31,36)(H2,32,37,38). The maximum Gasteiger partial charge on any atom is 0.264 e. The van der Waals surface area contributed by atoms with Crippen molar-refractivity contribution in [3.8, 4) is 39.8 Å². The summed E-state index contributed by atoms with van der Waals surface area (Å²) in [5.41, 5.74) is 2.56. The summed E-state index contributed by atoms with van der Waals surface area (Å²) in [6.07, 6.45) is 1.97. The molecule has 11 nitrogen and oxygen atoms in total. The highest BCUT2D eigenvalue weighted by molar-refractivity contribution is 5.87. The van der Waals surface area contributed by atoms with Crippen molar-refractivity contribution in [3.63, 3.8) is 0 Å². The molecular formula is C30H35N5O6. The number of methoxy groups -OCH3 is 2. The van der Waals surface area contributed by atoms with Gasteiger partial charge < -0.3 is 34.2 Å². The molecule has 41 heavy (non-hydrogen) atoms. The van der Waals surface area contributed by atoms with E-state index in [0.29, 0.717) is 41.3 Å². The molecule has 0 spiro atoms. The van der Waals surface area contributed by atoms with Gasteiger partial charge in [-0.15, -0.1) is 10.2 Å². The fraction of sp³-hybridized carbons (Fsp3) is 0.333. The second kappa shape index (κ2) is 13.0. The van der Waals surface area contributed by atoms with E-state index in [9.17, 15) is 14.7 Å². The smallest absolute Gasteiger partial charge is 0.264 e. The molecule has 4 aromatic rings. The first kappa shape index (κ1) is 29.2. The second-order valence-corrected chi connectivity index (χ2v) is 9.69. The van der Waals surface area contributed by atoms with Gasteiger partial charge in [0.15, 0.2) is 0 Å². The van der Waals surface area contributed by atoms with Gasteiger partial charge in [0.1, 0.15) is 29.2 Å². The fourth-order valence-electron chi connectivity index (χ4n) is 4.48. The van der Waals surface area contributed by atoms with E-state index >= 15 is 0 Å². The number of aromatic hydroxyl groups is 1. The quantitative estimate of drug-likeness (QED) is 0.233. The van der Waals surface area contributed by atoms with Crippen LogP contribution in [-0.2, 0) is 24.2 Å². The lowest BCUT2D eigenvalue weighted by molar-refractivity contribution is -0.120. The van der Waals surface area contributed by atoms with Gasteiger partial charge in [0.05, 0.1) is 25.3 Å². The van der Waals surface area contributed by atoms with Crippen LogP contribution in [0.25, 0.3) is 22.6 Å². The molecule has 1 amide bonds. The Bertz CT molecular complexity index is 1540. The molecule has 4 rings (SSSR count). The molecule has 2 heterocycles. The van der Waals surface area contributed by atoms with Crippen LogP contribution in [0.15, 0.2) is 51.7 Å². The average Bonchev–Trinajstić information content (AvgIpc) is 3.42. The average molecular weight is 562 g/mol. The number of H-pyrrole nitrogens is 1. The number of carbonyl (C=O) groups excluding carboxylic acids is 1. The number of aryl methyl sites for hydroxylation is 1. The van der Waals surface area contributed by atoms with Crippen LogP contribution >= 0.6 is 0 Å². The molecule has 11 heteroatoms. The molecule has 0 saturated heterocycles. The van der Waals surface area contributed by atoms with Crippen LogP contribution in [-0.4, -0.2) is 54.5 Å². The number of pyridine rings is 1. The van der Waals surface area contributed by atoms with Gasteiger partial charge in [-0.1, -0.05) is 31.5 Å². The Morgan fingerprint density at radius 3 is 2.32 bits per heavy atom. The molecule has 0 aliphatic carbocycles. The number of aromatic nitrogens is 3. The van der Waals surface area contributed by atoms with Crippen LogP contribution in [0.4, 0.5) is 5.69 Å². The number of ether oxygens (including phenoxy) is 2. The van der Waals surface area contributed by atoms with E-state index in [4.69, 9.17) is 13.9 Å². The van der Waals surface area contributed by atoms with Crippen LogP contribution < -0.4 is 25.2 Å². The lowest BCUT2D eigenvalue weighted by Gasteiger charge is -2.18. The molecule has 0 unspecified atom stereocenters. The Morgan fingerprint density at radius 2 is 1.71 bits per heavy atom. The lowest BCUT2D eigenvalue weighted by Crippen LogP contribution is -2.24. The van der Waals surface area contributed by atoms with Gasteiger partial charge in [-0.3, -0.25) is 9.59 Å². The third-order valence-corrected chi connectivity index (χ3v) is 6.66. The van der Waals surface area contributed by atoms with Crippen molar-refractivity contribution < 1.29 is 23.8 Å². The molecule has 216 valence electrons. The summed E-state index contributed by atoms with van der Waals surface area (Å²) in [5, 5.41) is 22.3. The molecule has 2 aromatic heterocycles. The molecule has 0 aliphatic rings. The zero-order chi connectivity index (χ0) is 29.5. The first-order valence-corrected chi connectivity index (χ1v) is 13.3. The van der Waals surface area contributed by atoms with E-state index in [0.717, 1.165) is 24.1 Å². The first-order chi connectivity index (χ1) is 19.8. The van der Waals surface area contributed by atoms with E-state index < -0.39 is 5.56 Å². The van der Waals surface area contributed by atoms with Crippen molar-refractivity contribution >= 4 is 11.6 Å². The number of anilines is 1. The van der Waals surface area contributed by atoms with Crippen LogP contribution in [0.2, 0.25) is 0 Å². The van der Waals surface area contributed by atoms with Crippen molar-refractivity contribution in [3.05, 3.63) is 70.0 Å². The third-order valence-electron chi connectivity index (χ3n) is 6.66. The number of carbonyl (C=O) groups is 1. The number of hydrogen-bond acceptors (Lipinski definition) is 9. The molecular weight excluding hydrogens is 526 g/mol. The Kier molecular flexibility index (Phi) is 9.28. The molecule has 0 radical (unpaired) electrons. The molecule has 0 aliphatic heterocycles. The monoisotopic (exact) mass is 561 g/mol. The van der Waals surface area contributed by atoms with Gasteiger partial charge in [-0.05, 0) is 42.7 Å². The van der Waals surface area contributed by atoms with E-state index in [2.05, 4.69) is 20.5 Å². The number of unbranched alkanes of at least 4 members (excludes halogenated alkanes) is 1. The van der Waals surface area contributed by atoms with Crippen LogP contribution in [0, 0.1) is 0 Å². The molecule has 0 fully saturated rings. The summed E-state index contributed by atoms with van der Waals surface area (Å²) in [6, 6.07) is 13.1. The van der Waals surface area contributed by atoms with E-state index in [-0.39, 0.29) is 35.4 Å². The number of aromatic amines is 1. The molecule has 3 N–H and O–H groups in total. The van der Waals surface area contributed by atoms with E-state index in [1.807, 2.05) is 50.2 Å². The Labute approximate surface area is 238 Å². The number of nitrogens with one attached hydrogen (secondary N) is 2. The van der Waals surface area contributed by atoms with Crippen molar-refractivity contribution in [1.82, 2.24) is 20.5 Å². The molecule has 2 aromatic carbocycles. The lowest BCUT2D eigenvalue weighted by atomic mass is 9.96. The predicted molar refractivity (Wildman–Crippen MR) is 155 cm³/mol. The summed E-state index contributed by atoms with van der Waals surface area (Å²) in [7, 11) is 6.95. The number of hydrogen-bond donors (Lipinski definition) is 3. The Morgan fingerprint density at radius 1 is 1.02 bits per heavy atom. The van der Waals surface area contributed by atoms with Crippen molar-refractivity contribution in [2.75, 3.05) is 33.2 Å².